The Morgan fingerprint density at radius 2 is 2.19 bits per heavy atom. The summed E-state index contributed by atoms with van der Waals surface area (Å²) >= 11 is 0. The summed E-state index contributed by atoms with van der Waals surface area (Å²) in [6.45, 7) is 0. The van der Waals surface area contributed by atoms with Crippen molar-refractivity contribution in [2.75, 3.05) is 0 Å². The molecule has 3 nitrogen and oxygen atoms in total. The predicted octanol–water partition coefficient (Wildman–Crippen LogP) is 2.42. The SMILES string of the molecule is Cn1c(/C=C/C(=O)O)cc2cc(F)ccc21. The first-order chi connectivity index (χ1) is 7.58. The molecule has 1 aromatic carbocycles. The molecule has 0 bridgehead atoms. The van der Waals surface area contributed by atoms with Crippen molar-refractivity contribution in [1.29, 1.82) is 0 Å². The molecule has 0 spiro atoms. The number of rotatable bonds is 2. The molecule has 0 aliphatic carbocycles. The third-order valence-corrected chi connectivity index (χ3v) is 2.44. The van der Waals surface area contributed by atoms with Gasteiger partial charge in [0.25, 0.3) is 0 Å². The minimum absolute atomic E-state index is 0.299. The highest BCUT2D eigenvalue weighted by Gasteiger charge is 2.04. The summed E-state index contributed by atoms with van der Waals surface area (Å²) in [5, 5.41) is 9.29. The second kappa shape index (κ2) is 3.81. The lowest BCUT2D eigenvalue weighted by molar-refractivity contribution is -0.131. The van der Waals surface area contributed by atoms with E-state index in [1.165, 1.54) is 18.2 Å². The Labute approximate surface area is 91.4 Å². The zero-order valence-corrected chi connectivity index (χ0v) is 8.64. The van der Waals surface area contributed by atoms with E-state index in [2.05, 4.69) is 0 Å². The van der Waals surface area contributed by atoms with Crippen LogP contribution >= 0.6 is 0 Å². The maximum absolute atomic E-state index is 13.0. The summed E-state index contributed by atoms with van der Waals surface area (Å²) in [4.78, 5) is 10.4. The summed E-state index contributed by atoms with van der Waals surface area (Å²) < 4.78 is 14.8. The summed E-state index contributed by atoms with van der Waals surface area (Å²) in [5.74, 6) is -1.30. The first-order valence-corrected chi connectivity index (χ1v) is 4.74. The average molecular weight is 219 g/mol. The second-order valence-electron chi connectivity index (χ2n) is 3.50. The number of nitrogens with zero attached hydrogens (tertiary/aromatic N) is 1. The average Bonchev–Trinajstić information content (AvgIpc) is 2.52. The fraction of sp³-hybridized carbons (Fsp3) is 0.0833. The van der Waals surface area contributed by atoms with Gasteiger partial charge in [-0.05, 0) is 30.3 Å². The van der Waals surface area contributed by atoms with Crippen LogP contribution in [0.3, 0.4) is 0 Å². The first kappa shape index (κ1) is 10.4. The number of carboxylic acids is 1. The molecule has 1 heterocycles. The van der Waals surface area contributed by atoms with Crippen molar-refractivity contribution >= 4 is 22.9 Å². The Morgan fingerprint density at radius 3 is 2.88 bits per heavy atom. The molecule has 0 saturated carbocycles. The van der Waals surface area contributed by atoms with Crippen molar-refractivity contribution in [3.8, 4) is 0 Å². The number of aryl methyl sites for hydroxylation is 1. The number of benzene rings is 1. The van der Waals surface area contributed by atoms with Crippen molar-refractivity contribution in [3.05, 3.63) is 41.9 Å². The van der Waals surface area contributed by atoms with Crippen LogP contribution in [0, 0.1) is 5.82 Å². The fourth-order valence-electron chi connectivity index (χ4n) is 1.66. The third-order valence-electron chi connectivity index (χ3n) is 2.44. The number of hydrogen-bond donors (Lipinski definition) is 1. The van der Waals surface area contributed by atoms with E-state index in [1.54, 1.807) is 12.1 Å². The number of hydrogen-bond acceptors (Lipinski definition) is 1. The highest BCUT2D eigenvalue weighted by atomic mass is 19.1. The summed E-state index contributed by atoms with van der Waals surface area (Å²) in [6, 6.07) is 6.22. The molecule has 2 aromatic rings. The minimum Gasteiger partial charge on any atom is -0.478 e. The van der Waals surface area contributed by atoms with Crippen molar-refractivity contribution in [3.63, 3.8) is 0 Å². The van der Waals surface area contributed by atoms with Gasteiger partial charge in [-0.15, -0.1) is 0 Å². The Bertz CT molecular complexity index is 584. The summed E-state index contributed by atoms with van der Waals surface area (Å²) in [5.41, 5.74) is 1.59. The van der Waals surface area contributed by atoms with Crippen LogP contribution in [0.5, 0.6) is 0 Å². The molecule has 1 N–H and O–H groups in total. The van der Waals surface area contributed by atoms with Gasteiger partial charge >= 0.3 is 5.97 Å². The number of halogens is 1. The van der Waals surface area contributed by atoms with Crippen LogP contribution in [-0.2, 0) is 11.8 Å². The Morgan fingerprint density at radius 1 is 1.44 bits per heavy atom. The van der Waals surface area contributed by atoms with Crippen LogP contribution in [0.1, 0.15) is 5.69 Å². The van der Waals surface area contributed by atoms with Crippen LogP contribution in [0.2, 0.25) is 0 Å². The fourth-order valence-corrected chi connectivity index (χ4v) is 1.66. The molecule has 0 aliphatic heterocycles. The van der Waals surface area contributed by atoms with E-state index in [0.29, 0.717) is 0 Å². The second-order valence-corrected chi connectivity index (χ2v) is 3.50. The molecule has 82 valence electrons. The number of carboxylic acid groups (broad SMARTS) is 1. The van der Waals surface area contributed by atoms with E-state index in [4.69, 9.17) is 5.11 Å². The van der Waals surface area contributed by atoms with Crippen LogP contribution < -0.4 is 0 Å². The standard InChI is InChI=1S/C12H10FNO2/c1-14-10(3-5-12(15)16)7-8-6-9(13)2-4-11(8)14/h2-7H,1H3,(H,15,16)/b5-3+. The Kier molecular flexibility index (Phi) is 2.48. The number of fused-ring (bicyclic) bond motifs is 1. The normalized spacial score (nSPS) is 11.4. The van der Waals surface area contributed by atoms with Crippen LogP contribution in [-0.4, -0.2) is 15.6 Å². The molecule has 2 rings (SSSR count). The molecule has 0 atom stereocenters. The largest absolute Gasteiger partial charge is 0.478 e. The van der Waals surface area contributed by atoms with Gasteiger partial charge in [0, 0.05) is 29.7 Å². The molecular weight excluding hydrogens is 209 g/mol. The van der Waals surface area contributed by atoms with E-state index >= 15 is 0 Å². The molecule has 16 heavy (non-hydrogen) atoms. The molecule has 0 unspecified atom stereocenters. The maximum Gasteiger partial charge on any atom is 0.328 e. The lowest BCUT2D eigenvalue weighted by Crippen LogP contribution is -1.91. The van der Waals surface area contributed by atoms with E-state index < -0.39 is 5.97 Å². The first-order valence-electron chi connectivity index (χ1n) is 4.74. The molecule has 0 amide bonds. The lowest BCUT2D eigenvalue weighted by atomic mass is 10.2. The monoisotopic (exact) mass is 219 g/mol. The van der Waals surface area contributed by atoms with Gasteiger partial charge in [-0.2, -0.15) is 0 Å². The van der Waals surface area contributed by atoms with Gasteiger partial charge in [0.1, 0.15) is 5.82 Å². The number of aliphatic carboxylic acids is 1. The van der Waals surface area contributed by atoms with Gasteiger partial charge in [0.05, 0.1) is 0 Å². The van der Waals surface area contributed by atoms with Crippen LogP contribution in [0.25, 0.3) is 17.0 Å². The smallest absolute Gasteiger partial charge is 0.328 e. The summed E-state index contributed by atoms with van der Waals surface area (Å²) in [6.07, 6.45) is 2.55. The molecule has 0 aliphatic rings. The van der Waals surface area contributed by atoms with Crippen molar-refractivity contribution in [2.45, 2.75) is 0 Å². The quantitative estimate of drug-likeness (QED) is 0.788. The Balaban J connectivity index is 2.55. The highest BCUT2D eigenvalue weighted by Crippen LogP contribution is 2.20. The molecular formula is C12H10FNO2. The van der Waals surface area contributed by atoms with E-state index in [-0.39, 0.29) is 5.82 Å². The van der Waals surface area contributed by atoms with E-state index in [9.17, 15) is 9.18 Å². The van der Waals surface area contributed by atoms with Crippen molar-refractivity contribution in [2.24, 2.45) is 7.05 Å². The molecule has 0 fully saturated rings. The third kappa shape index (κ3) is 1.82. The topological polar surface area (TPSA) is 42.2 Å². The lowest BCUT2D eigenvalue weighted by Gasteiger charge is -1.98. The summed E-state index contributed by atoms with van der Waals surface area (Å²) in [7, 11) is 1.81. The van der Waals surface area contributed by atoms with Gasteiger partial charge in [-0.1, -0.05) is 0 Å². The van der Waals surface area contributed by atoms with Gasteiger partial charge in [0.15, 0.2) is 0 Å². The van der Waals surface area contributed by atoms with Gasteiger partial charge < -0.3 is 9.67 Å². The number of carbonyl (C=O) groups is 1. The molecule has 1 aromatic heterocycles. The maximum atomic E-state index is 13.0. The molecule has 0 radical (unpaired) electrons. The van der Waals surface area contributed by atoms with Crippen LogP contribution in [0.15, 0.2) is 30.3 Å². The number of aromatic nitrogens is 1. The Hall–Kier alpha value is -2.10. The highest BCUT2D eigenvalue weighted by molar-refractivity contribution is 5.88. The van der Waals surface area contributed by atoms with Crippen LogP contribution in [0.4, 0.5) is 4.39 Å². The predicted molar refractivity (Wildman–Crippen MR) is 59.5 cm³/mol. The van der Waals surface area contributed by atoms with Gasteiger partial charge in [-0.3, -0.25) is 0 Å². The molecule has 0 saturated heterocycles. The van der Waals surface area contributed by atoms with Crippen molar-refractivity contribution < 1.29 is 14.3 Å². The van der Waals surface area contributed by atoms with Gasteiger partial charge in [-0.25, -0.2) is 9.18 Å². The van der Waals surface area contributed by atoms with Gasteiger partial charge in [0.2, 0.25) is 0 Å². The zero-order chi connectivity index (χ0) is 11.7. The van der Waals surface area contributed by atoms with Crippen molar-refractivity contribution in [1.82, 2.24) is 4.57 Å². The molecule has 4 heteroatoms. The van der Waals surface area contributed by atoms with E-state index in [1.807, 2.05) is 11.6 Å². The minimum atomic E-state index is -1.00. The van der Waals surface area contributed by atoms with E-state index in [0.717, 1.165) is 22.7 Å². The zero-order valence-electron chi connectivity index (χ0n) is 8.64.